The molecule has 4 aromatic carbocycles. The van der Waals surface area contributed by atoms with Gasteiger partial charge >= 0.3 is 0 Å². The number of phenols is 4. The Morgan fingerprint density at radius 2 is 1.26 bits per heavy atom. The summed E-state index contributed by atoms with van der Waals surface area (Å²) in [5.41, 5.74) is 1.57. The summed E-state index contributed by atoms with van der Waals surface area (Å²) in [4.78, 5) is 25.9. The molecule has 2 unspecified atom stereocenters. The molecule has 0 radical (unpaired) electrons. The van der Waals surface area contributed by atoms with Gasteiger partial charge in [-0.1, -0.05) is 24.3 Å². The molecule has 0 saturated heterocycles. The van der Waals surface area contributed by atoms with E-state index in [4.69, 9.17) is 18.9 Å². The third-order valence-corrected chi connectivity index (χ3v) is 7.47. The molecule has 214 valence electrons. The lowest BCUT2D eigenvalue weighted by Gasteiger charge is -2.27. The molecule has 0 amide bonds. The number of hydrogen-bond donors (Lipinski definition) is 4. The second kappa shape index (κ2) is 10.2. The van der Waals surface area contributed by atoms with E-state index in [0.29, 0.717) is 16.9 Å². The van der Waals surface area contributed by atoms with Crippen LogP contribution in [0, 0.1) is 6.92 Å². The van der Waals surface area contributed by atoms with Crippen LogP contribution in [0.25, 0.3) is 0 Å². The van der Waals surface area contributed by atoms with Gasteiger partial charge in [0.2, 0.25) is 5.75 Å². The molecule has 10 heteroatoms. The highest BCUT2D eigenvalue weighted by Gasteiger charge is 2.35. The fraction of sp³-hybridized carbons (Fsp3) is 0.188. The van der Waals surface area contributed by atoms with Gasteiger partial charge in [0.15, 0.2) is 23.1 Å². The summed E-state index contributed by atoms with van der Waals surface area (Å²) in [5, 5.41) is 41.0. The number of carbonyl (C=O) groups is 2. The zero-order valence-corrected chi connectivity index (χ0v) is 22.6. The van der Waals surface area contributed by atoms with Crippen LogP contribution < -0.4 is 18.9 Å². The Hall–Kier alpha value is -5.38. The minimum Gasteiger partial charge on any atom is -0.508 e. The molecule has 10 nitrogen and oxygen atoms in total. The lowest BCUT2D eigenvalue weighted by atomic mass is 9.94. The number of ketones is 2. The lowest BCUT2D eigenvalue weighted by Crippen LogP contribution is -2.21. The molecule has 2 atom stereocenters. The Morgan fingerprint density at radius 3 is 1.83 bits per heavy atom. The minimum absolute atomic E-state index is 0.0162. The highest BCUT2D eigenvalue weighted by atomic mass is 16.5. The molecule has 0 spiro atoms. The predicted molar refractivity (Wildman–Crippen MR) is 148 cm³/mol. The largest absolute Gasteiger partial charge is 0.508 e. The minimum atomic E-state index is -0.663. The average molecular weight is 571 g/mol. The number of rotatable bonds is 5. The van der Waals surface area contributed by atoms with Gasteiger partial charge in [-0.3, -0.25) is 9.59 Å². The summed E-state index contributed by atoms with van der Waals surface area (Å²) in [5.74, 6) is -0.832. The summed E-state index contributed by atoms with van der Waals surface area (Å²) in [7, 11) is 1.39. The first kappa shape index (κ1) is 26.8. The van der Waals surface area contributed by atoms with E-state index >= 15 is 0 Å². The first-order chi connectivity index (χ1) is 20.1. The maximum Gasteiger partial charge on any atom is 0.211 e. The standard InChI is InChI=1S/C32H26O10/c1-15-20(34)11-25-28(30(15)37)21(35)12-24(41-25)17-5-9-19(10-6-17)40-32-27(39-2)14-26-29(31(32)38)22(36)13-23(42-26)16-3-7-18(33)8-4-16/h3-11,14,23-24,33-34,37-38H,12-13H2,1-2H3. The Labute approximate surface area is 239 Å². The van der Waals surface area contributed by atoms with Crippen LogP contribution in [0.3, 0.4) is 0 Å². The first-order valence-electron chi connectivity index (χ1n) is 13.1. The van der Waals surface area contributed by atoms with Gasteiger partial charge in [-0.15, -0.1) is 0 Å². The van der Waals surface area contributed by atoms with Gasteiger partial charge in [0.05, 0.1) is 20.0 Å². The van der Waals surface area contributed by atoms with E-state index in [9.17, 15) is 30.0 Å². The molecule has 0 fully saturated rings. The van der Waals surface area contributed by atoms with Crippen LogP contribution in [0.1, 0.15) is 62.5 Å². The monoisotopic (exact) mass is 570 g/mol. The highest BCUT2D eigenvalue weighted by Crippen LogP contribution is 2.50. The smallest absolute Gasteiger partial charge is 0.211 e. The number of phenolic OH excluding ortho intramolecular Hbond substituents is 4. The van der Waals surface area contributed by atoms with Gasteiger partial charge in [-0.05, 0) is 42.3 Å². The van der Waals surface area contributed by atoms with Crippen LogP contribution in [0.4, 0.5) is 0 Å². The van der Waals surface area contributed by atoms with Crippen molar-refractivity contribution in [3.8, 4) is 51.7 Å². The SMILES string of the molecule is COc1cc2c(c(O)c1Oc1ccc(C3CC(=O)c4c(cc(O)c(C)c4O)O3)cc1)C(=O)CC(c1ccc(O)cc1)O2. The Balaban J connectivity index is 1.24. The number of hydrogen-bond acceptors (Lipinski definition) is 10. The molecule has 2 aliphatic heterocycles. The van der Waals surface area contributed by atoms with E-state index < -0.39 is 18.0 Å². The molecule has 42 heavy (non-hydrogen) atoms. The van der Waals surface area contributed by atoms with Crippen molar-refractivity contribution < 1.29 is 49.0 Å². The molecule has 0 saturated carbocycles. The van der Waals surface area contributed by atoms with Gasteiger partial charge in [-0.25, -0.2) is 0 Å². The van der Waals surface area contributed by atoms with Crippen LogP contribution in [-0.2, 0) is 0 Å². The van der Waals surface area contributed by atoms with Crippen molar-refractivity contribution in [2.45, 2.75) is 32.0 Å². The summed E-state index contributed by atoms with van der Waals surface area (Å²) >= 11 is 0. The van der Waals surface area contributed by atoms with Crippen molar-refractivity contribution in [1.29, 1.82) is 0 Å². The van der Waals surface area contributed by atoms with Gasteiger partial charge in [0, 0.05) is 17.7 Å². The summed E-state index contributed by atoms with van der Waals surface area (Å²) < 4.78 is 23.3. The van der Waals surface area contributed by atoms with Crippen LogP contribution in [0.15, 0.2) is 60.7 Å². The normalized spacial score (nSPS) is 17.5. The van der Waals surface area contributed by atoms with E-state index in [1.807, 2.05) is 0 Å². The van der Waals surface area contributed by atoms with E-state index in [1.54, 1.807) is 36.4 Å². The fourth-order valence-corrected chi connectivity index (χ4v) is 5.17. The van der Waals surface area contributed by atoms with Crippen molar-refractivity contribution in [1.82, 2.24) is 0 Å². The number of fused-ring (bicyclic) bond motifs is 2. The van der Waals surface area contributed by atoms with E-state index in [0.717, 1.165) is 0 Å². The third kappa shape index (κ3) is 4.56. The van der Waals surface area contributed by atoms with E-state index in [1.165, 1.54) is 38.3 Å². The molecule has 6 rings (SSSR count). The number of methoxy groups -OCH3 is 1. The van der Waals surface area contributed by atoms with Gasteiger partial charge in [-0.2, -0.15) is 0 Å². The number of benzene rings is 4. The van der Waals surface area contributed by atoms with Gasteiger partial charge in [0.1, 0.15) is 57.8 Å². The molecule has 2 heterocycles. The van der Waals surface area contributed by atoms with Crippen LogP contribution >= 0.6 is 0 Å². The van der Waals surface area contributed by atoms with Crippen LogP contribution in [0.2, 0.25) is 0 Å². The number of ether oxygens (including phenoxy) is 4. The summed E-state index contributed by atoms with van der Waals surface area (Å²) in [6.45, 7) is 1.51. The van der Waals surface area contributed by atoms with Gasteiger partial charge in [0.25, 0.3) is 0 Å². The highest BCUT2D eigenvalue weighted by molar-refractivity contribution is 6.04. The first-order valence-corrected chi connectivity index (χ1v) is 13.1. The Morgan fingerprint density at radius 1 is 0.738 bits per heavy atom. The van der Waals surface area contributed by atoms with E-state index in [2.05, 4.69) is 0 Å². The van der Waals surface area contributed by atoms with Crippen molar-refractivity contribution in [2.24, 2.45) is 0 Å². The Bertz CT molecular complexity index is 1720. The number of Topliss-reactive ketones (excluding diaryl/α,β-unsaturated/α-hetero) is 2. The van der Waals surface area contributed by atoms with Crippen molar-refractivity contribution in [3.63, 3.8) is 0 Å². The molecule has 4 aromatic rings. The number of carbonyl (C=O) groups excluding carboxylic acids is 2. The molecular weight excluding hydrogens is 544 g/mol. The van der Waals surface area contributed by atoms with Crippen LogP contribution in [-0.4, -0.2) is 39.1 Å². The zero-order valence-electron chi connectivity index (χ0n) is 22.6. The molecule has 2 aliphatic rings. The fourth-order valence-electron chi connectivity index (χ4n) is 5.17. The predicted octanol–water partition coefficient (Wildman–Crippen LogP) is 6.03. The van der Waals surface area contributed by atoms with Crippen molar-refractivity contribution in [2.75, 3.05) is 7.11 Å². The number of aromatic hydroxyl groups is 4. The molecule has 0 bridgehead atoms. The second-order valence-electron chi connectivity index (χ2n) is 10.1. The molecule has 4 N–H and O–H groups in total. The summed E-state index contributed by atoms with van der Waals surface area (Å²) in [6.07, 6.45) is -1.31. The molecule has 0 aromatic heterocycles. The lowest BCUT2D eigenvalue weighted by molar-refractivity contribution is 0.0833. The van der Waals surface area contributed by atoms with Gasteiger partial charge < -0.3 is 39.4 Å². The quantitative estimate of drug-likeness (QED) is 0.224. The maximum absolute atomic E-state index is 13.1. The Kier molecular flexibility index (Phi) is 6.53. The topological polar surface area (TPSA) is 152 Å². The molecule has 0 aliphatic carbocycles. The average Bonchev–Trinajstić information content (AvgIpc) is 2.97. The zero-order chi connectivity index (χ0) is 29.7. The van der Waals surface area contributed by atoms with E-state index in [-0.39, 0.29) is 81.3 Å². The second-order valence-corrected chi connectivity index (χ2v) is 10.1. The molecular formula is C32H26O10. The van der Waals surface area contributed by atoms with Crippen molar-refractivity contribution in [3.05, 3.63) is 88.5 Å². The third-order valence-electron chi connectivity index (χ3n) is 7.47. The summed E-state index contributed by atoms with van der Waals surface area (Å²) in [6, 6.07) is 15.7. The van der Waals surface area contributed by atoms with Crippen molar-refractivity contribution >= 4 is 11.6 Å². The maximum atomic E-state index is 13.1. The van der Waals surface area contributed by atoms with Crippen LogP contribution in [0.5, 0.6) is 51.7 Å².